The minimum absolute atomic E-state index is 0.0688. The second-order valence-electron chi connectivity index (χ2n) is 2.78. The minimum atomic E-state index is -0.519. The van der Waals surface area contributed by atoms with Crippen LogP contribution in [0.25, 0.3) is 0 Å². The van der Waals surface area contributed by atoms with Crippen LogP contribution in [0.1, 0.15) is 0 Å². The van der Waals surface area contributed by atoms with E-state index in [0.717, 1.165) is 0 Å². The van der Waals surface area contributed by atoms with Gasteiger partial charge in [-0.25, -0.2) is 0 Å². The molecule has 0 aliphatic rings. The van der Waals surface area contributed by atoms with Gasteiger partial charge < -0.3 is 9.88 Å². The first-order chi connectivity index (χ1) is 6.65. The Balaban J connectivity index is 2.96. The van der Waals surface area contributed by atoms with Crippen LogP contribution in [0.2, 0.25) is 0 Å². The third kappa shape index (κ3) is 2.40. The number of likely N-dealkylation sites (N-methyl/N-ethyl adjacent to an activating group) is 1. The molecule has 0 radical (unpaired) electrons. The van der Waals surface area contributed by atoms with Gasteiger partial charge in [-0.15, -0.1) is 0 Å². The normalized spacial score (nSPS) is 10.1. The van der Waals surface area contributed by atoms with E-state index in [0.29, 0.717) is 13.1 Å². The Morgan fingerprint density at radius 2 is 2.29 bits per heavy atom. The zero-order chi connectivity index (χ0) is 10.6. The number of nitrogens with zero attached hydrogens (tertiary/aromatic N) is 2. The van der Waals surface area contributed by atoms with Gasteiger partial charge in [-0.2, -0.15) is 0 Å². The van der Waals surface area contributed by atoms with E-state index in [4.69, 9.17) is 0 Å². The fourth-order valence-electron chi connectivity index (χ4n) is 1.03. The minimum Gasteiger partial charge on any atom is -0.318 e. The Labute approximate surface area is 80.3 Å². The number of aromatic nitrogens is 1. The molecule has 0 spiro atoms. The average molecular weight is 197 g/mol. The number of rotatable bonds is 4. The van der Waals surface area contributed by atoms with E-state index in [2.05, 4.69) is 5.32 Å². The lowest BCUT2D eigenvalue weighted by Crippen LogP contribution is -2.24. The first kappa shape index (κ1) is 10.4. The van der Waals surface area contributed by atoms with Crippen LogP contribution in [-0.2, 0) is 6.54 Å². The van der Waals surface area contributed by atoms with Crippen LogP contribution < -0.4 is 10.9 Å². The zero-order valence-corrected chi connectivity index (χ0v) is 7.77. The van der Waals surface area contributed by atoms with Crippen LogP contribution in [0.5, 0.6) is 0 Å². The van der Waals surface area contributed by atoms with E-state index in [1.807, 2.05) is 0 Å². The Bertz CT molecular complexity index is 386. The molecular weight excluding hydrogens is 186 g/mol. The monoisotopic (exact) mass is 197 g/mol. The molecule has 14 heavy (non-hydrogen) atoms. The van der Waals surface area contributed by atoms with Gasteiger partial charge in [0.25, 0.3) is 11.2 Å². The molecule has 0 amide bonds. The molecule has 1 heterocycles. The molecule has 1 rings (SSSR count). The number of nitro groups is 1. The van der Waals surface area contributed by atoms with E-state index in [1.54, 1.807) is 7.05 Å². The topological polar surface area (TPSA) is 77.2 Å². The lowest BCUT2D eigenvalue weighted by Gasteiger charge is -2.03. The van der Waals surface area contributed by atoms with Crippen LogP contribution in [-0.4, -0.2) is 23.1 Å². The van der Waals surface area contributed by atoms with Gasteiger partial charge in [0.15, 0.2) is 0 Å². The van der Waals surface area contributed by atoms with E-state index >= 15 is 0 Å². The maximum atomic E-state index is 11.2. The Morgan fingerprint density at radius 3 is 2.86 bits per heavy atom. The van der Waals surface area contributed by atoms with E-state index in [1.165, 1.54) is 22.9 Å². The summed E-state index contributed by atoms with van der Waals surface area (Å²) in [4.78, 5) is 21.1. The second-order valence-corrected chi connectivity index (χ2v) is 2.78. The van der Waals surface area contributed by atoms with Crippen molar-refractivity contribution < 1.29 is 4.92 Å². The van der Waals surface area contributed by atoms with Gasteiger partial charge in [-0.1, -0.05) is 0 Å². The Hall–Kier alpha value is -1.69. The molecule has 1 aromatic heterocycles. The smallest absolute Gasteiger partial charge is 0.285 e. The number of pyridine rings is 1. The Morgan fingerprint density at radius 1 is 1.57 bits per heavy atom. The van der Waals surface area contributed by atoms with E-state index in [-0.39, 0.29) is 11.2 Å². The molecule has 1 N–H and O–H groups in total. The summed E-state index contributed by atoms with van der Waals surface area (Å²) in [5.74, 6) is 0. The van der Waals surface area contributed by atoms with Gasteiger partial charge in [0.1, 0.15) is 0 Å². The number of hydrogen-bond donors (Lipinski definition) is 1. The molecule has 0 bridgehead atoms. The zero-order valence-electron chi connectivity index (χ0n) is 7.77. The standard InChI is InChI=1S/C8H11N3O3/c1-9-4-5-10-6-7(11(13)14)2-3-8(10)12/h2-3,6,9H,4-5H2,1H3. The van der Waals surface area contributed by atoms with Crippen LogP contribution >= 0.6 is 0 Å². The van der Waals surface area contributed by atoms with Crippen molar-refractivity contribution in [3.63, 3.8) is 0 Å². The molecular formula is C8H11N3O3. The maximum absolute atomic E-state index is 11.2. The predicted molar refractivity (Wildman–Crippen MR) is 51.3 cm³/mol. The molecule has 76 valence electrons. The molecule has 0 aliphatic carbocycles. The van der Waals surface area contributed by atoms with Crippen LogP contribution in [0.3, 0.4) is 0 Å². The van der Waals surface area contributed by atoms with Crippen molar-refractivity contribution in [1.82, 2.24) is 9.88 Å². The summed E-state index contributed by atoms with van der Waals surface area (Å²) in [6.45, 7) is 1.03. The molecule has 1 aromatic rings. The van der Waals surface area contributed by atoms with Gasteiger partial charge in [-0.3, -0.25) is 14.9 Å². The molecule has 0 saturated heterocycles. The van der Waals surface area contributed by atoms with Gasteiger partial charge >= 0.3 is 0 Å². The molecule has 0 aliphatic heterocycles. The second kappa shape index (κ2) is 4.52. The molecule has 0 aromatic carbocycles. The lowest BCUT2D eigenvalue weighted by molar-refractivity contribution is -0.385. The van der Waals surface area contributed by atoms with Crippen LogP contribution in [0, 0.1) is 10.1 Å². The third-order valence-corrected chi connectivity index (χ3v) is 1.78. The lowest BCUT2D eigenvalue weighted by atomic mass is 10.4. The number of nitrogens with one attached hydrogen (secondary N) is 1. The Kier molecular flexibility index (Phi) is 3.35. The molecule has 0 atom stereocenters. The van der Waals surface area contributed by atoms with Crippen molar-refractivity contribution in [3.8, 4) is 0 Å². The van der Waals surface area contributed by atoms with Crippen molar-refractivity contribution in [1.29, 1.82) is 0 Å². The fourth-order valence-corrected chi connectivity index (χ4v) is 1.03. The maximum Gasteiger partial charge on any atom is 0.285 e. The van der Waals surface area contributed by atoms with E-state index < -0.39 is 4.92 Å². The molecule has 0 saturated carbocycles. The molecule has 6 heteroatoms. The van der Waals surface area contributed by atoms with Crippen molar-refractivity contribution in [2.75, 3.05) is 13.6 Å². The first-order valence-electron chi connectivity index (χ1n) is 4.14. The highest BCUT2D eigenvalue weighted by Crippen LogP contribution is 2.05. The summed E-state index contributed by atoms with van der Waals surface area (Å²) in [6.07, 6.45) is 1.25. The average Bonchev–Trinajstić information content (AvgIpc) is 2.16. The summed E-state index contributed by atoms with van der Waals surface area (Å²) in [7, 11) is 1.75. The fraction of sp³-hybridized carbons (Fsp3) is 0.375. The SMILES string of the molecule is CNCCn1cc([N+](=O)[O-])ccc1=O. The van der Waals surface area contributed by atoms with Crippen molar-refractivity contribution >= 4 is 5.69 Å². The van der Waals surface area contributed by atoms with Crippen LogP contribution in [0.4, 0.5) is 5.69 Å². The van der Waals surface area contributed by atoms with Crippen LogP contribution in [0.15, 0.2) is 23.1 Å². The molecule has 0 unspecified atom stereocenters. The summed E-state index contributed by atoms with van der Waals surface area (Å²) in [6, 6.07) is 2.41. The van der Waals surface area contributed by atoms with Crippen molar-refractivity contribution in [2.45, 2.75) is 6.54 Å². The highest BCUT2D eigenvalue weighted by atomic mass is 16.6. The molecule has 0 fully saturated rings. The van der Waals surface area contributed by atoms with Gasteiger partial charge in [0, 0.05) is 25.2 Å². The van der Waals surface area contributed by atoms with E-state index in [9.17, 15) is 14.9 Å². The summed E-state index contributed by atoms with van der Waals surface area (Å²) in [5.41, 5.74) is -0.299. The highest BCUT2D eigenvalue weighted by molar-refractivity contribution is 5.24. The summed E-state index contributed by atoms with van der Waals surface area (Å²) < 4.78 is 1.31. The highest BCUT2D eigenvalue weighted by Gasteiger charge is 2.06. The van der Waals surface area contributed by atoms with Gasteiger partial charge in [-0.05, 0) is 7.05 Å². The van der Waals surface area contributed by atoms with Crippen molar-refractivity contribution in [3.05, 3.63) is 38.8 Å². The molecule has 6 nitrogen and oxygen atoms in total. The predicted octanol–water partition coefficient (Wildman–Crippen LogP) is -0.0241. The van der Waals surface area contributed by atoms with Gasteiger partial charge in [0.2, 0.25) is 0 Å². The quantitative estimate of drug-likeness (QED) is 0.543. The van der Waals surface area contributed by atoms with Gasteiger partial charge in [0.05, 0.1) is 11.1 Å². The summed E-state index contributed by atoms with van der Waals surface area (Å²) >= 11 is 0. The first-order valence-corrected chi connectivity index (χ1v) is 4.14. The third-order valence-electron chi connectivity index (χ3n) is 1.78. The summed E-state index contributed by atoms with van der Waals surface area (Å²) in [5, 5.41) is 13.3. The largest absolute Gasteiger partial charge is 0.318 e. The number of hydrogen-bond acceptors (Lipinski definition) is 4. The van der Waals surface area contributed by atoms with Crippen molar-refractivity contribution in [2.24, 2.45) is 0 Å².